The van der Waals surface area contributed by atoms with Crippen LogP contribution in [-0.2, 0) is 52.4 Å². The molecule has 23 nitrogen and oxygen atoms in total. The molecule has 23 heteroatoms. The summed E-state index contributed by atoms with van der Waals surface area (Å²) in [6.45, 7) is -2.49. The summed E-state index contributed by atoms with van der Waals surface area (Å²) in [5.41, 5.74) is 0. The van der Waals surface area contributed by atoms with Crippen molar-refractivity contribution < 1.29 is 104 Å². The van der Waals surface area contributed by atoms with Crippen molar-refractivity contribution in [3.8, 4) is 0 Å². The van der Waals surface area contributed by atoms with Gasteiger partial charge in [-0.25, -0.2) is 4.79 Å². The Bertz CT molecular complexity index is 1240. The lowest BCUT2D eigenvalue weighted by Crippen LogP contribution is -2.65. The number of carbonyl (C=O) groups excluding carboxylic acids is 4. The number of amides is 3. The number of aliphatic hydroxyl groups is 10. The molecule has 4 aliphatic heterocycles. The van der Waals surface area contributed by atoms with Crippen molar-refractivity contribution >= 4 is 23.7 Å². The van der Waals surface area contributed by atoms with E-state index >= 15 is 0 Å². The van der Waals surface area contributed by atoms with E-state index in [0.29, 0.717) is 30.7 Å². The van der Waals surface area contributed by atoms with Gasteiger partial charge >= 0.3 is 5.97 Å². The molecule has 4 heterocycles. The molecule has 4 fully saturated rings. The lowest BCUT2D eigenvalue weighted by atomic mass is 9.96. The predicted molar refractivity (Wildman–Crippen MR) is 173 cm³/mol. The summed E-state index contributed by atoms with van der Waals surface area (Å²) in [7, 11) is 0. The van der Waals surface area contributed by atoms with Crippen LogP contribution in [-0.4, -0.2) is 205 Å². The molecule has 3 amide bonds. The van der Waals surface area contributed by atoms with Crippen LogP contribution in [0.5, 0.6) is 0 Å². The number of unbranched alkanes of at least 4 members (excludes halogenated alkanes) is 3. The highest BCUT2D eigenvalue weighted by Gasteiger charge is 2.52. The quantitative estimate of drug-likeness (QED) is 0.0427. The number of ether oxygens (including phenoxy) is 6. The first kappa shape index (κ1) is 45.1. The van der Waals surface area contributed by atoms with E-state index in [1.165, 1.54) is 0 Å². The van der Waals surface area contributed by atoms with Crippen LogP contribution in [0, 0.1) is 0 Å². The van der Waals surface area contributed by atoms with E-state index in [0.717, 1.165) is 0 Å². The second-order valence-corrected chi connectivity index (χ2v) is 13.5. The third-order valence-electron chi connectivity index (χ3n) is 9.49. The van der Waals surface area contributed by atoms with E-state index in [4.69, 9.17) is 33.3 Å². The number of hydrogen-bond donors (Lipinski definition) is 11. The van der Waals surface area contributed by atoms with Crippen molar-refractivity contribution in [2.24, 2.45) is 0 Å². The lowest BCUT2D eigenvalue weighted by molar-refractivity contribution is -0.366. The van der Waals surface area contributed by atoms with E-state index in [-0.39, 0.29) is 44.7 Å². The molecule has 0 spiro atoms. The van der Waals surface area contributed by atoms with Gasteiger partial charge in [-0.1, -0.05) is 12.8 Å². The van der Waals surface area contributed by atoms with Crippen molar-refractivity contribution in [1.82, 2.24) is 10.4 Å². The molecule has 15 atom stereocenters. The fraction of sp³-hybridized carbons (Fsp3) is 0.875. The van der Waals surface area contributed by atoms with Gasteiger partial charge in [0.2, 0.25) is 5.91 Å². The second kappa shape index (κ2) is 21.3. The minimum Gasteiger partial charge on any atom is -0.394 e. The first-order chi connectivity index (χ1) is 26.2. The van der Waals surface area contributed by atoms with Crippen LogP contribution in [0.1, 0.15) is 51.4 Å². The van der Waals surface area contributed by atoms with Gasteiger partial charge in [-0.2, -0.15) is 0 Å². The number of hydroxylamine groups is 2. The highest BCUT2D eigenvalue weighted by molar-refractivity contribution is 6.01. The summed E-state index contributed by atoms with van der Waals surface area (Å²) in [6.07, 6.45) is -23.1. The summed E-state index contributed by atoms with van der Waals surface area (Å²) in [6, 6.07) is 0. The standard InChI is InChI=1S/C32H52N2O21/c35-11-14-21(41)24(44)26(46)30(51-14)50-13-16-23(43)29(54-32-27(47)25(45)22(42)15(12-36)52-32)28(48)31(53-16)49-10-9-33-17(37)5-3-1-2-4-6-20(40)55-34-18(38)7-8-19(34)39/h14-16,21-32,35-36,41-48H,1-13H2,(H,33,37)/t14-,15-,16-,21-,22-,23-,24+,25+,26+,27+,28-,29+,30?,31-,32-/m1/s1. The van der Waals surface area contributed by atoms with E-state index < -0.39 is 130 Å². The second-order valence-electron chi connectivity index (χ2n) is 13.5. The third kappa shape index (κ3) is 11.8. The van der Waals surface area contributed by atoms with Crippen molar-refractivity contribution in [1.29, 1.82) is 0 Å². The molecule has 11 N–H and O–H groups in total. The molecule has 0 aliphatic carbocycles. The van der Waals surface area contributed by atoms with Gasteiger partial charge in [0.15, 0.2) is 18.9 Å². The summed E-state index contributed by atoms with van der Waals surface area (Å²) >= 11 is 0. The average molecular weight is 801 g/mol. The Kier molecular flexibility index (Phi) is 17.5. The van der Waals surface area contributed by atoms with Gasteiger partial charge < -0.3 is 89.6 Å². The maximum Gasteiger partial charge on any atom is 0.333 e. The van der Waals surface area contributed by atoms with Crippen molar-refractivity contribution in [2.45, 2.75) is 143 Å². The number of aliphatic hydroxyl groups excluding tert-OH is 10. The summed E-state index contributed by atoms with van der Waals surface area (Å²) in [5.74, 6) is -2.18. The van der Waals surface area contributed by atoms with Crippen molar-refractivity contribution in [2.75, 3.05) is 33.0 Å². The van der Waals surface area contributed by atoms with Crippen molar-refractivity contribution in [3.05, 3.63) is 0 Å². The molecule has 55 heavy (non-hydrogen) atoms. The number of nitrogens with one attached hydrogen (secondary N) is 1. The zero-order valence-corrected chi connectivity index (χ0v) is 29.8. The number of carbonyl (C=O) groups is 4. The average Bonchev–Trinajstić information content (AvgIpc) is 3.48. The largest absolute Gasteiger partial charge is 0.394 e. The Balaban J connectivity index is 1.26. The zero-order valence-electron chi connectivity index (χ0n) is 29.8. The molecule has 4 saturated heterocycles. The molecular formula is C32H52N2O21. The molecule has 4 rings (SSSR count). The number of nitrogens with zero attached hydrogens (tertiary/aromatic N) is 1. The first-order valence-electron chi connectivity index (χ1n) is 18.0. The minimum absolute atomic E-state index is 0.00224. The van der Waals surface area contributed by atoms with Gasteiger partial charge in [-0.05, 0) is 12.8 Å². The van der Waals surface area contributed by atoms with Crippen LogP contribution >= 0.6 is 0 Å². The Hall–Kier alpha value is -2.56. The summed E-state index contributed by atoms with van der Waals surface area (Å²) in [5, 5.41) is 106. The van der Waals surface area contributed by atoms with E-state index in [1.54, 1.807) is 0 Å². The lowest BCUT2D eigenvalue weighted by Gasteiger charge is -2.46. The third-order valence-corrected chi connectivity index (χ3v) is 9.49. The maximum atomic E-state index is 12.4. The van der Waals surface area contributed by atoms with Gasteiger partial charge in [0.25, 0.3) is 11.8 Å². The SMILES string of the molecule is O=C(CCCCCCC(=O)ON1C(=O)CCC1=O)NCCO[C@@H]1O[C@H](COC2O[C@H](CO)[C@@H](O)[C@H](O)[C@@H]2O)[C@@H](O)[C@H](O[C@H]2O[C@H](CO)[C@@H](O)[C@H](O)[C@@H]2O)[C@H]1O. The number of rotatable bonds is 19. The summed E-state index contributed by atoms with van der Waals surface area (Å²) in [4.78, 5) is 52.1. The van der Waals surface area contributed by atoms with Crippen LogP contribution in [0.15, 0.2) is 0 Å². The molecule has 0 aromatic carbocycles. The van der Waals surface area contributed by atoms with E-state index in [9.17, 15) is 70.2 Å². The Morgan fingerprint density at radius 3 is 1.76 bits per heavy atom. The van der Waals surface area contributed by atoms with Gasteiger partial charge in [0, 0.05) is 32.2 Å². The highest BCUT2D eigenvalue weighted by atomic mass is 16.8. The van der Waals surface area contributed by atoms with Crippen LogP contribution in [0.2, 0.25) is 0 Å². The van der Waals surface area contributed by atoms with E-state index in [1.807, 2.05) is 0 Å². The van der Waals surface area contributed by atoms with Crippen molar-refractivity contribution in [3.63, 3.8) is 0 Å². The van der Waals surface area contributed by atoms with Crippen LogP contribution in [0.4, 0.5) is 0 Å². The van der Waals surface area contributed by atoms with Crippen LogP contribution in [0.3, 0.4) is 0 Å². The zero-order chi connectivity index (χ0) is 40.4. The molecular weight excluding hydrogens is 748 g/mol. The smallest absolute Gasteiger partial charge is 0.333 e. The molecule has 0 aromatic rings. The fourth-order valence-electron chi connectivity index (χ4n) is 6.24. The Morgan fingerprint density at radius 2 is 1.16 bits per heavy atom. The monoisotopic (exact) mass is 800 g/mol. The van der Waals surface area contributed by atoms with E-state index in [2.05, 4.69) is 5.32 Å². The topological polar surface area (TPSA) is 350 Å². The van der Waals surface area contributed by atoms with Gasteiger partial charge in [0.1, 0.15) is 73.2 Å². The van der Waals surface area contributed by atoms with Gasteiger partial charge in [-0.3, -0.25) is 14.4 Å². The maximum absolute atomic E-state index is 12.4. The minimum atomic E-state index is -1.91. The molecule has 0 radical (unpaired) electrons. The Morgan fingerprint density at radius 1 is 0.636 bits per heavy atom. The highest BCUT2D eigenvalue weighted by Crippen LogP contribution is 2.31. The molecule has 0 saturated carbocycles. The molecule has 0 bridgehead atoms. The van der Waals surface area contributed by atoms with Crippen LogP contribution < -0.4 is 5.32 Å². The number of hydrogen-bond acceptors (Lipinski definition) is 21. The predicted octanol–water partition coefficient (Wildman–Crippen LogP) is -6.48. The van der Waals surface area contributed by atoms with Gasteiger partial charge in [0.05, 0.1) is 26.4 Å². The number of imide groups is 1. The molecule has 0 aromatic heterocycles. The van der Waals surface area contributed by atoms with Gasteiger partial charge in [-0.15, -0.1) is 5.06 Å². The molecule has 4 aliphatic rings. The fourth-order valence-corrected chi connectivity index (χ4v) is 6.24. The molecule has 316 valence electrons. The Labute approximate surface area is 314 Å². The normalized spacial score (nSPS) is 38.3. The summed E-state index contributed by atoms with van der Waals surface area (Å²) < 4.78 is 33.1. The van der Waals surface area contributed by atoms with Crippen LogP contribution in [0.25, 0.3) is 0 Å². The first-order valence-corrected chi connectivity index (χ1v) is 18.0. The molecule has 1 unspecified atom stereocenters.